The SMILES string of the molecule is O=S(=O)(c1ccc(F)c(F)c1)N(Cc1ccccn1)Cc1ccccn1. The molecule has 8 heteroatoms. The van der Waals surface area contributed by atoms with Gasteiger partial charge in [0.2, 0.25) is 10.0 Å². The summed E-state index contributed by atoms with van der Waals surface area (Å²) in [4.78, 5) is 7.95. The minimum Gasteiger partial charge on any atom is -0.260 e. The first-order valence-electron chi connectivity index (χ1n) is 7.72. The molecule has 0 aliphatic carbocycles. The molecule has 0 unspecified atom stereocenters. The Labute approximate surface area is 150 Å². The van der Waals surface area contributed by atoms with Crippen molar-refractivity contribution in [1.82, 2.24) is 14.3 Å². The van der Waals surface area contributed by atoms with Gasteiger partial charge in [-0.05, 0) is 42.5 Å². The second kappa shape index (κ2) is 7.67. The summed E-state index contributed by atoms with van der Waals surface area (Å²) in [6.07, 6.45) is 3.11. The molecule has 5 nitrogen and oxygen atoms in total. The van der Waals surface area contributed by atoms with E-state index < -0.39 is 21.7 Å². The fourth-order valence-electron chi connectivity index (χ4n) is 2.36. The Morgan fingerprint density at radius 2 is 1.38 bits per heavy atom. The van der Waals surface area contributed by atoms with Crippen molar-refractivity contribution in [3.8, 4) is 0 Å². The van der Waals surface area contributed by atoms with Gasteiger partial charge in [-0.15, -0.1) is 0 Å². The fraction of sp³-hybridized carbons (Fsp3) is 0.111. The first-order chi connectivity index (χ1) is 12.5. The first kappa shape index (κ1) is 18.1. The van der Waals surface area contributed by atoms with Crippen molar-refractivity contribution in [3.63, 3.8) is 0 Å². The average molecular weight is 375 g/mol. The van der Waals surface area contributed by atoms with E-state index in [0.29, 0.717) is 17.5 Å². The van der Waals surface area contributed by atoms with Gasteiger partial charge < -0.3 is 0 Å². The van der Waals surface area contributed by atoms with Gasteiger partial charge in [-0.3, -0.25) is 9.97 Å². The third-order valence-corrected chi connectivity index (χ3v) is 5.45. The summed E-state index contributed by atoms with van der Waals surface area (Å²) >= 11 is 0. The van der Waals surface area contributed by atoms with E-state index in [4.69, 9.17) is 0 Å². The molecule has 3 aromatic rings. The van der Waals surface area contributed by atoms with Crippen LogP contribution in [0.2, 0.25) is 0 Å². The normalized spacial score (nSPS) is 11.7. The van der Waals surface area contributed by atoms with Crippen LogP contribution in [0, 0.1) is 11.6 Å². The van der Waals surface area contributed by atoms with Crippen molar-refractivity contribution < 1.29 is 17.2 Å². The van der Waals surface area contributed by atoms with E-state index in [1.165, 1.54) is 0 Å². The minimum absolute atomic E-state index is 0.0290. The number of pyridine rings is 2. The van der Waals surface area contributed by atoms with Gasteiger partial charge in [0, 0.05) is 12.4 Å². The first-order valence-corrected chi connectivity index (χ1v) is 9.16. The lowest BCUT2D eigenvalue weighted by Gasteiger charge is -2.21. The van der Waals surface area contributed by atoms with Crippen molar-refractivity contribution in [2.45, 2.75) is 18.0 Å². The summed E-state index contributed by atoms with van der Waals surface area (Å²) in [5.74, 6) is -2.33. The zero-order valence-electron chi connectivity index (χ0n) is 13.6. The van der Waals surface area contributed by atoms with Gasteiger partial charge in [0.05, 0.1) is 29.4 Å². The van der Waals surface area contributed by atoms with Gasteiger partial charge in [0.25, 0.3) is 0 Å². The number of aromatic nitrogens is 2. The number of sulfonamides is 1. The topological polar surface area (TPSA) is 63.2 Å². The van der Waals surface area contributed by atoms with Crippen LogP contribution < -0.4 is 0 Å². The molecule has 3 rings (SSSR count). The zero-order valence-corrected chi connectivity index (χ0v) is 14.4. The Bertz CT molecular complexity index is 942. The molecule has 2 aromatic heterocycles. The molecule has 0 radical (unpaired) electrons. The van der Waals surface area contributed by atoms with Gasteiger partial charge in [-0.25, -0.2) is 17.2 Å². The molecule has 0 bridgehead atoms. The highest BCUT2D eigenvalue weighted by molar-refractivity contribution is 7.89. The molecule has 2 heterocycles. The summed E-state index contributed by atoms with van der Waals surface area (Å²) in [6.45, 7) is -0.0580. The van der Waals surface area contributed by atoms with E-state index in [1.54, 1.807) is 48.8 Å². The number of halogens is 2. The maximum atomic E-state index is 13.5. The molecule has 0 aliphatic rings. The van der Waals surface area contributed by atoms with Crippen LogP contribution in [-0.2, 0) is 23.1 Å². The standard InChI is InChI=1S/C18H15F2N3O2S/c19-17-8-7-16(11-18(17)20)26(24,25)23(12-14-5-1-3-9-21-14)13-15-6-2-4-10-22-15/h1-11H,12-13H2. The summed E-state index contributed by atoms with van der Waals surface area (Å²) in [6, 6.07) is 12.8. The Balaban J connectivity index is 1.99. The highest BCUT2D eigenvalue weighted by Gasteiger charge is 2.26. The predicted octanol–water partition coefficient (Wildman–Crippen LogP) is 3.15. The number of benzene rings is 1. The number of rotatable bonds is 6. The van der Waals surface area contributed by atoms with Crippen LogP contribution >= 0.6 is 0 Å². The van der Waals surface area contributed by atoms with Crippen molar-refractivity contribution in [1.29, 1.82) is 0 Å². The molecule has 0 atom stereocenters. The van der Waals surface area contributed by atoms with Gasteiger partial charge in [0.1, 0.15) is 0 Å². The van der Waals surface area contributed by atoms with Gasteiger partial charge in [-0.2, -0.15) is 4.31 Å². The molecule has 0 saturated heterocycles. The third kappa shape index (κ3) is 4.09. The molecule has 0 aliphatic heterocycles. The van der Waals surface area contributed by atoms with E-state index >= 15 is 0 Å². The molecular formula is C18H15F2N3O2S. The van der Waals surface area contributed by atoms with E-state index in [9.17, 15) is 17.2 Å². The van der Waals surface area contributed by atoms with Crippen LogP contribution in [0.4, 0.5) is 8.78 Å². The Morgan fingerprint density at radius 1 is 0.808 bits per heavy atom. The quantitative estimate of drug-likeness (QED) is 0.664. The highest BCUT2D eigenvalue weighted by Crippen LogP contribution is 2.22. The van der Waals surface area contributed by atoms with E-state index in [2.05, 4.69) is 9.97 Å². The predicted molar refractivity (Wildman–Crippen MR) is 91.3 cm³/mol. The van der Waals surface area contributed by atoms with Gasteiger partial charge in [-0.1, -0.05) is 12.1 Å². The minimum atomic E-state index is -4.09. The summed E-state index contributed by atoms with van der Waals surface area (Å²) in [7, 11) is -4.09. The fourth-order valence-corrected chi connectivity index (χ4v) is 3.75. The maximum absolute atomic E-state index is 13.5. The van der Waals surface area contributed by atoms with Crippen molar-refractivity contribution in [2.75, 3.05) is 0 Å². The van der Waals surface area contributed by atoms with Crippen LogP contribution in [0.5, 0.6) is 0 Å². The van der Waals surface area contributed by atoms with E-state index in [-0.39, 0.29) is 18.0 Å². The smallest absolute Gasteiger partial charge is 0.243 e. The molecule has 0 saturated carbocycles. The zero-order chi connectivity index (χ0) is 18.6. The van der Waals surface area contributed by atoms with Crippen LogP contribution in [-0.4, -0.2) is 22.7 Å². The molecule has 0 spiro atoms. The lowest BCUT2D eigenvalue weighted by atomic mass is 10.3. The molecule has 26 heavy (non-hydrogen) atoms. The second-order valence-corrected chi connectivity index (χ2v) is 7.43. The van der Waals surface area contributed by atoms with Crippen LogP contribution in [0.3, 0.4) is 0 Å². The van der Waals surface area contributed by atoms with Crippen LogP contribution in [0.15, 0.2) is 71.9 Å². The van der Waals surface area contributed by atoms with Crippen molar-refractivity contribution in [2.24, 2.45) is 0 Å². The second-order valence-electron chi connectivity index (χ2n) is 5.49. The monoisotopic (exact) mass is 375 g/mol. The van der Waals surface area contributed by atoms with Gasteiger partial charge >= 0.3 is 0 Å². The largest absolute Gasteiger partial charge is 0.260 e. The van der Waals surface area contributed by atoms with Gasteiger partial charge in [0.15, 0.2) is 11.6 Å². The van der Waals surface area contributed by atoms with E-state index in [0.717, 1.165) is 16.4 Å². The summed E-state index contributed by atoms with van der Waals surface area (Å²) < 4.78 is 53.8. The molecule has 134 valence electrons. The molecule has 1 aromatic carbocycles. The number of nitrogens with zero attached hydrogens (tertiary/aromatic N) is 3. The number of hydrogen-bond donors (Lipinski definition) is 0. The lowest BCUT2D eigenvalue weighted by molar-refractivity contribution is 0.392. The molecule has 0 N–H and O–H groups in total. The van der Waals surface area contributed by atoms with E-state index in [1.807, 2.05) is 0 Å². The van der Waals surface area contributed by atoms with Crippen molar-refractivity contribution >= 4 is 10.0 Å². The Morgan fingerprint density at radius 3 is 1.85 bits per heavy atom. The molecule has 0 amide bonds. The Hall–Kier alpha value is -2.71. The average Bonchev–Trinajstić information content (AvgIpc) is 2.65. The van der Waals surface area contributed by atoms with Crippen LogP contribution in [0.1, 0.15) is 11.4 Å². The van der Waals surface area contributed by atoms with Crippen molar-refractivity contribution in [3.05, 3.63) is 90.0 Å². The Kier molecular flexibility index (Phi) is 5.34. The lowest BCUT2D eigenvalue weighted by Crippen LogP contribution is -2.31. The summed E-state index contributed by atoms with van der Waals surface area (Å²) in [5.41, 5.74) is 1.05. The third-order valence-electron chi connectivity index (χ3n) is 3.66. The molecular weight excluding hydrogens is 360 g/mol. The van der Waals surface area contributed by atoms with Crippen LogP contribution in [0.25, 0.3) is 0 Å². The number of hydrogen-bond acceptors (Lipinski definition) is 4. The highest BCUT2D eigenvalue weighted by atomic mass is 32.2. The summed E-state index contributed by atoms with van der Waals surface area (Å²) in [5, 5.41) is 0. The molecule has 0 fully saturated rings. The maximum Gasteiger partial charge on any atom is 0.243 e.